The van der Waals surface area contributed by atoms with Crippen LogP contribution in [0.15, 0.2) is 30.5 Å². The van der Waals surface area contributed by atoms with Crippen LogP contribution in [0.2, 0.25) is 0 Å². The molecule has 1 saturated heterocycles. The highest BCUT2D eigenvalue weighted by Crippen LogP contribution is 2.37. The van der Waals surface area contributed by atoms with Gasteiger partial charge in [0.15, 0.2) is 5.13 Å². The average molecular weight is 374 g/mol. The SMILES string of the molecule is O=C(Nc1ccc(F)cc1)NC1CCN(c2ncc(C(F)(F)F)s2)C1. The Hall–Kier alpha value is -2.36. The third-order valence-electron chi connectivity index (χ3n) is 3.67. The van der Waals surface area contributed by atoms with Crippen LogP contribution in [0.25, 0.3) is 0 Å². The lowest BCUT2D eigenvalue weighted by Crippen LogP contribution is -2.39. The Balaban J connectivity index is 1.53. The molecular formula is C15H14F4N4OS. The van der Waals surface area contributed by atoms with E-state index in [0.717, 1.165) is 6.20 Å². The van der Waals surface area contributed by atoms with Gasteiger partial charge in [0.05, 0.1) is 6.20 Å². The van der Waals surface area contributed by atoms with E-state index in [9.17, 15) is 22.4 Å². The van der Waals surface area contributed by atoms with Gasteiger partial charge in [-0.2, -0.15) is 13.2 Å². The standard InChI is InChI=1S/C15H14F4N4OS/c16-9-1-3-10(4-2-9)21-13(24)22-11-5-6-23(8-11)14-20-7-12(25-14)15(17,18)19/h1-4,7,11H,5-6,8H2,(H2,21,22,24). The molecule has 1 aromatic carbocycles. The third kappa shape index (κ3) is 4.38. The summed E-state index contributed by atoms with van der Waals surface area (Å²) in [6.45, 7) is 0.883. The number of amides is 2. The molecule has 134 valence electrons. The lowest BCUT2D eigenvalue weighted by molar-refractivity contribution is -0.134. The molecule has 25 heavy (non-hydrogen) atoms. The van der Waals surface area contributed by atoms with Gasteiger partial charge in [-0.15, -0.1) is 0 Å². The van der Waals surface area contributed by atoms with Crippen molar-refractivity contribution in [2.45, 2.75) is 18.6 Å². The first-order valence-corrected chi connectivity index (χ1v) is 8.24. The number of hydrogen-bond acceptors (Lipinski definition) is 4. The highest BCUT2D eigenvalue weighted by Gasteiger charge is 2.35. The second-order valence-corrected chi connectivity index (χ2v) is 6.55. The summed E-state index contributed by atoms with van der Waals surface area (Å²) in [6, 6.07) is 4.67. The number of alkyl halides is 3. The maximum atomic E-state index is 12.8. The van der Waals surface area contributed by atoms with Crippen molar-refractivity contribution in [2.75, 3.05) is 23.3 Å². The van der Waals surface area contributed by atoms with E-state index in [0.29, 0.717) is 36.5 Å². The van der Waals surface area contributed by atoms with Crippen LogP contribution < -0.4 is 15.5 Å². The lowest BCUT2D eigenvalue weighted by Gasteiger charge is -2.16. The van der Waals surface area contributed by atoms with E-state index < -0.39 is 22.9 Å². The smallest absolute Gasteiger partial charge is 0.346 e. The van der Waals surface area contributed by atoms with Crippen LogP contribution in [0.5, 0.6) is 0 Å². The van der Waals surface area contributed by atoms with E-state index in [1.54, 1.807) is 4.90 Å². The minimum absolute atomic E-state index is 0.210. The molecule has 1 fully saturated rings. The number of nitrogens with zero attached hydrogens (tertiary/aromatic N) is 2. The second kappa shape index (κ2) is 6.87. The Kier molecular flexibility index (Phi) is 4.80. The molecule has 0 saturated carbocycles. The average Bonchev–Trinajstić information content (AvgIpc) is 3.17. The number of aromatic nitrogens is 1. The molecule has 10 heteroatoms. The summed E-state index contributed by atoms with van der Waals surface area (Å²) in [7, 11) is 0. The summed E-state index contributed by atoms with van der Waals surface area (Å²) < 4.78 is 50.7. The maximum Gasteiger partial charge on any atom is 0.427 e. The minimum atomic E-state index is -4.40. The van der Waals surface area contributed by atoms with Gasteiger partial charge in [0.2, 0.25) is 0 Å². The molecule has 2 aromatic rings. The van der Waals surface area contributed by atoms with Crippen molar-refractivity contribution in [3.8, 4) is 0 Å². The summed E-state index contributed by atoms with van der Waals surface area (Å²) in [5.41, 5.74) is 0.448. The molecule has 1 aliphatic heterocycles. The first kappa shape index (κ1) is 17.5. The van der Waals surface area contributed by atoms with E-state index in [1.807, 2.05) is 0 Å². The fourth-order valence-corrected chi connectivity index (χ4v) is 3.30. The van der Waals surface area contributed by atoms with Crippen LogP contribution in [-0.2, 0) is 6.18 Å². The van der Waals surface area contributed by atoms with Crippen LogP contribution in [0.3, 0.4) is 0 Å². The maximum absolute atomic E-state index is 12.8. The molecule has 1 aromatic heterocycles. The predicted octanol–water partition coefficient (Wildman–Crippen LogP) is 3.70. The number of urea groups is 1. The van der Waals surface area contributed by atoms with Crippen LogP contribution >= 0.6 is 11.3 Å². The lowest BCUT2D eigenvalue weighted by atomic mass is 10.3. The van der Waals surface area contributed by atoms with E-state index >= 15 is 0 Å². The van der Waals surface area contributed by atoms with Gasteiger partial charge in [-0.3, -0.25) is 0 Å². The van der Waals surface area contributed by atoms with E-state index in [4.69, 9.17) is 0 Å². The van der Waals surface area contributed by atoms with Gasteiger partial charge < -0.3 is 15.5 Å². The molecule has 1 unspecified atom stereocenters. The number of nitrogens with one attached hydrogen (secondary N) is 2. The van der Waals surface area contributed by atoms with Gasteiger partial charge in [0, 0.05) is 24.8 Å². The van der Waals surface area contributed by atoms with Crippen molar-refractivity contribution in [3.05, 3.63) is 41.2 Å². The molecule has 0 bridgehead atoms. The number of halogens is 4. The van der Waals surface area contributed by atoms with E-state index in [2.05, 4.69) is 15.6 Å². The van der Waals surface area contributed by atoms with E-state index in [1.165, 1.54) is 24.3 Å². The minimum Gasteiger partial charge on any atom is -0.346 e. The Morgan fingerprint density at radius 3 is 2.64 bits per heavy atom. The number of hydrogen-bond donors (Lipinski definition) is 2. The van der Waals surface area contributed by atoms with Gasteiger partial charge in [0.1, 0.15) is 10.7 Å². The predicted molar refractivity (Wildman–Crippen MR) is 86.3 cm³/mol. The van der Waals surface area contributed by atoms with Crippen LogP contribution in [0.1, 0.15) is 11.3 Å². The number of carbonyl (C=O) groups is 1. The van der Waals surface area contributed by atoms with Crippen LogP contribution in [0, 0.1) is 5.82 Å². The fourth-order valence-electron chi connectivity index (χ4n) is 2.48. The largest absolute Gasteiger partial charge is 0.427 e. The first-order valence-electron chi connectivity index (χ1n) is 7.42. The highest BCUT2D eigenvalue weighted by molar-refractivity contribution is 7.15. The van der Waals surface area contributed by atoms with Crippen LogP contribution in [-0.4, -0.2) is 30.1 Å². The second-order valence-electron chi connectivity index (χ2n) is 5.54. The summed E-state index contributed by atoms with van der Waals surface area (Å²) >= 11 is 0.588. The molecule has 1 atom stereocenters. The van der Waals surface area contributed by atoms with Crippen LogP contribution in [0.4, 0.5) is 33.2 Å². The number of thiazole rings is 1. The van der Waals surface area contributed by atoms with Crippen molar-refractivity contribution in [1.29, 1.82) is 0 Å². The summed E-state index contributed by atoms with van der Waals surface area (Å²) in [5.74, 6) is -0.404. The Morgan fingerprint density at radius 2 is 2.00 bits per heavy atom. The van der Waals surface area contributed by atoms with Gasteiger partial charge in [-0.1, -0.05) is 11.3 Å². The first-order chi connectivity index (χ1) is 11.8. The summed E-state index contributed by atoms with van der Waals surface area (Å²) in [4.78, 5) is 16.7. The molecule has 2 amide bonds. The Labute approximate surface area is 144 Å². The zero-order chi connectivity index (χ0) is 18.0. The van der Waals surface area contributed by atoms with Gasteiger partial charge in [-0.25, -0.2) is 14.2 Å². The molecule has 1 aliphatic rings. The van der Waals surface area contributed by atoms with Crippen molar-refractivity contribution < 1.29 is 22.4 Å². The monoisotopic (exact) mass is 374 g/mol. The molecule has 0 spiro atoms. The van der Waals surface area contributed by atoms with Crippen molar-refractivity contribution in [1.82, 2.24) is 10.3 Å². The molecule has 0 radical (unpaired) electrons. The van der Waals surface area contributed by atoms with Crippen molar-refractivity contribution in [2.24, 2.45) is 0 Å². The summed E-state index contributed by atoms with van der Waals surface area (Å²) in [6.07, 6.45) is -2.98. The fraction of sp³-hybridized carbons (Fsp3) is 0.333. The normalized spacial score (nSPS) is 17.6. The molecule has 2 heterocycles. The Morgan fingerprint density at radius 1 is 1.28 bits per heavy atom. The van der Waals surface area contributed by atoms with E-state index in [-0.39, 0.29) is 11.2 Å². The molecule has 3 rings (SSSR count). The topological polar surface area (TPSA) is 57.3 Å². The molecule has 0 aliphatic carbocycles. The highest BCUT2D eigenvalue weighted by atomic mass is 32.1. The molecular weight excluding hydrogens is 360 g/mol. The number of carbonyl (C=O) groups excluding carboxylic acids is 1. The van der Waals surface area contributed by atoms with Gasteiger partial charge in [0.25, 0.3) is 0 Å². The number of rotatable bonds is 3. The summed E-state index contributed by atoms with van der Waals surface area (Å²) in [5, 5.41) is 5.61. The Bertz CT molecular complexity index is 747. The van der Waals surface area contributed by atoms with Crippen molar-refractivity contribution in [3.63, 3.8) is 0 Å². The zero-order valence-corrected chi connectivity index (χ0v) is 13.6. The van der Waals surface area contributed by atoms with Gasteiger partial charge >= 0.3 is 12.2 Å². The quantitative estimate of drug-likeness (QED) is 0.806. The number of benzene rings is 1. The van der Waals surface area contributed by atoms with Gasteiger partial charge in [-0.05, 0) is 30.7 Å². The molecule has 5 nitrogen and oxygen atoms in total. The third-order valence-corrected chi connectivity index (χ3v) is 4.77. The van der Waals surface area contributed by atoms with Crippen molar-refractivity contribution >= 4 is 28.2 Å². The molecule has 2 N–H and O–H groups in total. The number of anilines is 2. The zero-order valence-electron chi connectivity index (χ0n) is 12.8.